The summed E-state index contributed by atoms with van der Waals surface area (Å²) in [5.41, 5.74) is 0. The van der Waals surface area contributed by atoms with Crippen molar-refractivity contribution in [1.29, 1.82) is 0 Å². The number of aryl methyl sites for hydroxylation is 1. The topological polar surface area (TPSA) is 16.4 Å². The first-order chi connectivity index (χ1) is 5.72. The Kier molecular flexibility index (Phi) is 3.35. The van der Waals surface area contributed by atoms with E-state index in [-0.39, 0.29) is 0 Å². The van der Waals surface area contributed by atoms with Crippen molar-refractivity contribution in [2.75, 3.05) is 20.1 Å². The second-order valence-electron chi connectivity index (χ2n) is 3.16. The van der Waals surface area contributed by atoms with Crippen LogP contribution in [0.1, 0.15) is 18.4 Å². The lowest BCUT2D eigenvalue weighted by molar-refractivity contribution is 0.342. The molecule has 0 N–H and O–H groups in total. The summed E-state index contributed by atoms with van der Waals surface area (Å²) in [4.78, 5) is 2.28. The quantitative estimate of drug-likeness (QED) is 0.682. The zero-order valence-corrected chi connectivity index (χ0v) is 8.13. The predicted octanol–water partition coefficient (Wildman–Crippen LogP) is 2.08. The Morgan fingerprint density at radius 1 is 1.42 bits per heavy atom. The molecular formula is C10H17NO. The molecule has 0 aliphatic rings. The van der Waals surface area contributed by atoms with Gasteiger partial charge in [-0.25, -0.2) is 0 Å². The van der Waals surface area contributed by atoms with Gasteiger partial charge in [0.2, 0.25) is 0 Å². The van der Waals surface area contributed by atoms with Gasteiger partial charge in [0.15, 0.2) is 0 Å². The highest BCUT2D eigenvalue weighted by Crippen LogP contribution is 2.06. The monoisotopic (exact) mass is 167 g/mol. The molecule has 0 atom stereocenters. The molecule has 2 nitrogen and oxygen atoms in total. The van der Waals surface area contributed by atoms with Gasteiger partial charge < -0.3 is 9.32 Å². The minimum atomic E-state index is 1.00. The second kappa shape index (κ2) is 4.31. The van der Waals surface area contributed by atoms with E-state index in [1.807, 2.05) is 13.0 Å². The van der Waals surface area contributed by atoms with Crippen LogP contribution in [0.25, 0.3) is 0 Å². The van der Waals surface area contributed by atoms with Gasteiger partial charge in [0.05, 0.1) is 0 Å². The molecule has 2 heteroatoms. The lowest BCUT2D eigenvalue weighted by Crippen LogP contribution is -2.20. The zero-order valence-electron chi connectivity index (χ0n) is 8.13. The SMILES string of the molecule is CCN(C)CCc1ccc(C)o1. The van der Waals surface area contributed by atoms with Crippen molar-refractivity contribution >= 4 is 0 Å². The van der Waals surface area contributed by atoms with E-state index in [4.69, 9.17) is 4.42 Å². The van der Waals surface area contributed by atoms with Gasteiger partial charge in [-0.1, -0.05) is 6.92 Å². The first-order valence-corrected chi connectivity index (χ1v) is 4.46. The van der Waals surface area contributed by atoms with Crippen LogP contribution in [0.4, 0.5) is 0 Å². The Labute approximate surface area is 74.2 Å². The summed E-state index contributed by atoms with van der Waals surface area (Å²) in [6, 6.07) is 4.07. The minimum Gasteiger partial charge on any atom is -0.466 e. The minimum absolute atomic E-state index is 1.00. The zero-order chi connectivity index (χ0) is 8.97. The van der Waals surface area contributed by atoms with Gasteiger partial charge in [-0.15, -0.1) is 0 Å². The van der Waals surface area contributed by atoms with Crippen LogP contribution in [0, 0.1) is 6.92 Å². The molecule has 0 aromatic carbocycles. The molecule has 0 amide bonds. The number of likely N-dealkylation sites (N-methyl/N-ethyl adjacent to an activating group) is 1. The van der Waals surface area contributed by atoms with Gasteiger partial charge in [-0.3, -0.25) is 0 Å². The van der Waals surface area contributed by atoms with Crippen LogP contribution in [0.2, 0.25) is 0 Å². The molecule has 0 fully saturated rings. The van der Waals surface area contributed by atoms with Crippen LogP contribution in [0.3, 0.4) is 0 Å². The number of rotatable bonds is 4. The van der Waals surface area contributed by atoms with Crippen LogP contribution in [0.15, 0.2) is 16.5 Å². The van der Waals surface area contributed by atoms with E-state index < -0.39 is 0 Å². The highest BCUT2D eigenvalue weighted by Gasteiger charge is 1.99. The van der Waals surface area contributed by atoms with Gasteiger partial charge in [-0.2, -0.15) is 0 Å². The van der Waals surface area contributed by atoms with Crippen molar-refractivity contribution in [2.24, 2.45) is 0 Å². The maximum absolute atomic E-state index is 5.45. The first-order valence-electron chi connectivity index (χ1n) is 4.46. The van der Waals surface area contributed by atoms with Crippen molar-refractivity contribution in [3.8, 4) is 0 Å². The molecule has 12 heavy (non-hydrogen) atoms. The fourth-order valence-corrected chi connectivity index (χ4v) is 1.08. The van der Waals surface area contributed by atoms with Crippen molar-refractivity contribution in [3.63, 3.8) is 0 Å². The molecule has 1 aromatic heterocycles. The van der Waals surface area contributed by atoms with Crippen LogP contribution in [-0.2, 0) is 6.42 Å². The predicted molar refractivity (Wildman–Crippen MR) is 50.3 cm³/mol. The first kappa shape index (κ1) is 9.33. The van der Waals surface area contributed by atoms with Crippen molar-refractivity contribution in [2.45, 2.75) is 20.3 Å². The molecule has 1 rings (SSSR count). The summed E-state index contributed by atoms with van der Waals surface area (Å²) >= 11 is 0. The largest absolute Gasteiger partial charge is 0.466 e. The van der Waals surface area contributed by atoms with E-state index in [2.05, 4.69) is 24.9 Å². The van der Waals surface area contributed by atoms with Crippen molar-refractivity contribution in [3.05, 3.63) is 23.7 Å². The maximum Gasteiger partial charge on any atom is 0.105 e. The van der Waals surface area contributed by atoms with Crippen LogP contribution in [0.5, 0.6) is 0 Å². The van der Waals surface area contributed by atoms with Crippen molar-refractivity contribution in [1.82, 2.24) is 4.90 Å². The summed E-state index contributed by atoms with van der Waals surface area (Å²) in [5, 5.41) is 0. The van der Waals surface area contributed by atoms with Crippen LogP contribution >= 0.6 is 0 Å². The molecule has 0 unspecified atom stereocenters. The Balaban J connectivity index is 2.33. The van der Waals surface area contributed by atoms with Gasteiger partial charge >= 0.3 is 0 Å². The summed E-state index contributed by atoms with van der Waals surface area (Å²) in [7, 11) is 2.12. The molecule has 1 aromatic rings. The molecule has 0 radical (unpaired) electrons. The summed E-state index contributed by atoms with van der Waals surface area (Å²) in [6.45, 7) is 6.31. The number of hydrogen-bond donors (Lipinski definition) is 0. The lowest BCUT2D eigenvalue weighted by atomic mass is 10.3. The average molecular weight is 167 g/mol. The van der Waals surface area contributed by atoms with E-state index in [9.17, 15) is 0 Å². The number of hydrogen-bond acceptors (Lipinski definition) is 2. The molecule has 0 saturated carbocycles. The van der Waals surface area contributed by atoms with E-state index in [1.165, 1.54) is 0 Å². The van der Waals surface area contributed by atoms with Gasteiger partial charge in [0.1, 0.15) is 11.5 Å². The van der Waals surface area contributed by atoms with E-state index >= 15 is 0 Å². The Bertz CT molecular complexity index is 229. The van der Waals surface area contributed by atoms with Crippen LogP contribution in [-0.4, -0.2) is 25.0 Å². The number of furan rings is 1. The molecule has 0 aliphatic carbocycles. The summed E-state index contributed by atoms with van der Waals surface area (Å²) < 4.78 is 5.45. The van der Waals surface area contributed by atoms with Crippen molar-refractivity contribution < 1.29 is 4.42 Å². The lowest BCUT2D eigenvalue weighted by Gasteiger charge is -2.11. The molecule has 1 heterocycles. The molecular weight excluding hydrogens is 150 g/mol. The van der Waals surface area contributed by atoms with E-state index in [0.717, 1.165) is 31.0 Å². The van der Waals surface area contributed by atoms with E-state index in [0.29, 0.717) is 0 Å². The Morgan fingerprint density at radius 3 is 2.67 bits per heavy atom. The molecule has 0 spiro atoms. The Hall–Kier alpha value is -0.760. The highest BCUT2D eigenvalue weighted by molar-refractivity contribution is 5.05. The maximum atomic E-state index is 5.45. The Morgan fingerprint density at radius 2 is 2.17 bits per heavy atom. The fourth-order valence-electron chi connectivity index (χ4n) is 1.08. The highest BCUT2D eigenvalue weighted by atomic mass is 16.3. The molecule has 0 saturated heterocycles. The van der Waals surface area contributed by atoms with E-state index in [1.54, 1.807) is 0 Å². The third-order valence-electron chi connectivity index (χ3n) is 2.08. The van der Waals surface area contributed by atoms with Gasteiger partial charge in [0, 0.05) is 13.0 Å². The normalized spacial score (nSPS) is 11.0. The second-order valence-corrected chi connectivity index (χ2v) is 3.16. The molecule has 0 bridgehead atoms. The van der Waals surface area contributed by atoms with Gasteiger partial charge in [-0.05, 0) is 32.6 Å². The van der Waals surface area contributed by atoms with Gasteiger partial charge in [0.25, 0.3) is 0 Å². The third-order valence-corrected chi connectivity index (χ3v) is 2.08. The fraction of sp³-hybridized carbons (Fsp3) is 0.600. The smallest absolute Gasteiger partial charge is 0.105 e. The third kappa shape index (κ3) is 2.70. The molecule has 0 aliphatic heterocycles. The summed E-state index contributed by atoms with van der Waals surface area (Å²) in [5.74, 6) is 2.09. The standard InChI is InChI=1S/C10H17NO/c1-4-11(3)8-7-10-6-5-9(2)12-10/h5-6H,4,7-8H2,1-3H3. The van der Waals surface area contributed by atoms with Crippen LogP contribution < -0.4 is 0 Å². The summed E-state index contributed by atoms with van der Waals surface area (Å²) in [6.07, 6.45) is 1.01. The average Bonchev–Trinajstić information content (AvgIpc) is 2.47. The molecule has 68 valence electrons. The number of nitrogens with zero attached hydrogens (tertiary/aromatic N) is 1.